The van der Waals surface area contributed by atoms with Crippen LogP contribution in [0.2, 0.25) is 5.02 Å². The van der Waals surface area contributed by atoms with E-state index < -0.39 is 10.0 Å². The van der Waals surface area contributed by atoms with Crippen molar-refractivity contribution in [1.29, 1.82) is 0 Å². The van der Waals surface area contributed by atoms with Gasteiger partial charge in [0, 0.05) is 21.8 Å². The molecule has 0 aliphatic rings. The fourth-order valence-electron chi connectivity index (χ4n) is 1.67. The largest absolute Gasteiger partial charge is 0.289 e. The summed E-state index contributed by atoms with van der Waals surface area (Å²) in [5.74, 6) is -0.146. The predicted molar refractivity (Wildman–Crippen MR) is 79.8 cm³/mol. The van der Waals surface area contributed by atoms with Crippen LogP contribution in [0.25, 0.3) is 0 Å². The van der Waals surface area contributed by atoms with Gasteiger partial charge in [-0.25, -0.2) is 8.42 Å². The predicted octanol–water partition coefficient (Wildman–Crippen LogP) is 2.94. The Balaban J connectivity index is 2.21. The van der Waals surface area contributed by atoms with Gasteiger partial charge in [0.2, 0.25) is 10.0 Å². The van der Waals surface area contributed by atoms with Gasteiger partial charge in [-0.15, -0.1) is 0 Å². The molecule has 4 nitrogen and oxygen atoms in total. The van der Waals surface area contributed by atoms with E-state index in [0.29, 0.717) is 21.8 Å². The Morgan fingerprint density at radius 2 is 1.40 bits per heavy atom. The molecule has 0 amide bonds. The fourth-order valence-corrected chi connectivity index (χ4v) is 2.36. The van der Waals surface area contributed by atoms with Crippen molar-refractivity contribution in [3.63, 3.8) is 0 Å². The van der Waals surface area contributed by atoms with Gasteiger partial charge in [-0.05, 0) is 48.5 Å². The zero-order valence-corrected chi connectivity index (χ0v) is 12.2. The van der Waals surface area contributed by atoms with Crippen LogP contribution in [-0.4, -0.2) is 20.5 Å². The molecule has 0 saturated heterocycles. The van der Waals surface area contributed by atoms with E-state index in [1.54, 1.807) is 48.5 Å². The lowest BCUT2D eigenvalue weighted by Gasteiger charge is -2.05. The highest BCUT2D eigenvalue weighted by Crippen LogP contribution is 2.16. The molecule has 0 spiro atoms. The second kappa shape index (κ2) is 5.64. The summed E-state index contributed by atoms with van der Waals surface area (Å²) >= 11 is 5.77. The number of hydrogen-bond donors (Lipinski definition) is 1. The van der Waals surface area contributed by atoms with Crippen molar-refractivity contribution < 1.29 is 13.2 Å². The lowest BCUT2D eigenvalue weighted by molar-refractivity contribution is 0.103. The zero-order chi connectivity index (χ0) is 14.8. The molecule has 0 aliphatic carbocycles. The second-order valence-corrected chi connectivity index (χ2v) is 6.47. The Bertz CT molecular complexity index is 722. The number of rotatable bonds is 4. The summed E-state index contributed by atoms with van der Waals surface area (Å²) in [6, 6.07) is 12.8. The van der Waals surface area contributed by atoms with Crippen LogP contribution in [0.4, 0.5) is 5.69 Å². The Labute approximate surface area is 122 Å². The molecule has 0 saturated carbocycles. The topological polar surface area (TPSA) is 63.2 Å². The molecular formula is C14H12ClNO3S. The molecule has 0 radical (unpaired) electrons. The standard InChI is InChI=1S/C14H12ClNO3S/c1-20(18,19)16-13-8-4-11(5-9-13)14(17)10-2-6-12(15)7-3-10/h2-9,16H,1H3. The number of sulfonamides is 1. The first-order valence-electron chi connectivity index (χ1n) is 5.73. The highest BCUT2D eigenvalue weighted by Gasteiger charge is 2.09. The van der Waals surface area contributed by atoms with E-state index in [4.69, 9.17) is 11.6 Å². The number of ketones is 1. The van der Waals surface area contributed by atoms with Crippen LogP contribution in [0, 0.1) is 0 Å². The molecule has 20 heavy (non-hydrogen) atoms. The third kappa shape index (κ3) is 3.82. The number of nitrogens with one attached hydrogen (secondary N) is 1. The highest BCUT2D eigenvalue weighted by atomic mass is 35.5. The first kappa shape index (κ1) is 14.6. The van der Waals surface area contributed by atoms with Gasteiger partial charge in [-0.2, -0.15) is 0 Å². The summed E-state index contributed by atoms with van der Waals surface area (Å²) in [7, 11) is -3.32. The average molecular weight is 310 g/mol. The molecule has 1 N–H and O–H groups in total. The average Bonchev–Trinajstić information content (AvgIpc) is 2.38. The van der Waals surface area contributed by atoms with Gasteiger partial charge in [-0.1, -0.05) is 11.6 Å². The number of benzene rings is 2. The Kier molecular flexibility index (Phi) is 4.11. The Morgan fingerprint density at radius 1 is 0.950 bits per heavy atom. The van der Waals surface area contributed by atoms with Gasteiger partial charge in [0.25, 0.3) is 0 Å². The van der Waals surface area contributed by atoms with E-state index in [0.717, 1.165) is 6.26 Å². The molecule has 0 heterocycles. The van der Waals surface area contributed by atoms with Crippen LogP contribution in [0.5, 0.6) is 0 Å². The van der Waals surface area contributed by atoms with E-state index in [-0.39, 0.29) is 5.78 Å². The van der Waals surface area contributed by atoms with E-state index in [1.165, 1.54) is 0 Å². The molecule has 0 bridgehead atoms. The monoisotopic (exact) mass is 309 g/mol. The molecule has 2 aromatic carbocycles. The van der Waals surface area contributed by atoms with Gasteiger partial charge >= 0.3 is 0 Å². The SMILES string of the molecule is CS(=O)(=O)Nc1ccc(C(=O)c2ccc(Cl)cc2)cc1. The van der Waals surface area contributed by atoms with Crippen LogP contribution in [0.1, 0.15) is 15.9 Å². The number of anilines is 1. The minimum absolute atomic E-state index is 0.146. The Hall–Kier alpha value is -1.85. The van der Waals surface area contributed by atoms with Crippen LogP contribution in [0.15, 0.2) is 48.5 Å². The summed E-state index contributed by atoms with van der Waals surface area (Å²) in [4.78, 5) is 12.2. The number of halogens is 1. The summed E-state index contributed by atoms with van der Waals surface area (Å²) < 4.78 is 24.5. The minimum Gasteiger partial charge on any atom is -0.289 e. The van der Waals surface area contributed by atoms with Crippen LogP contribution in [-0.2, 0) is 10.0 Å². The van der Waals surface area contributed by atoms with Crippen molar-refractivity contribution in [2.75, 3.05) is 11.0 Å². The quantitative estimate of drug-likeness (QED) is 0.883. The van der Waals surface area contributed by atoms with Crippen molar-refractivity contribution in [2.45, 2.75) is 0 Å². The lowest BCUT2D eigenvalue weighted by Crippen LogP contribution is -2.09. The van der Waals surface area contributed by atoms with E-state index in [2.05, 4.69) is 4.72 Å². The lowest BCUT2D eigenvalue weighted by atomic mass is 10.0. The van der Waals surface area contributed by atoms with Crippen LogP contribution in [0.3, 0.4) is 0 Å². The maximum Gasteiger partial charge on any atom is 0.229 e. The molecule has 2 aromatic rings. The third-order valence-electron chi connectivity index (χ3n) is 2.56. The minimum atomic E-state index is -3.32. The summed E-state index contributed by atoms with van der Waals surface area (Å²) in [5, 5.41) is 0.564. The molecular weight excluding hydrogens is 298 g/mol. The number of carbonyl (C=O) groups excluding carboxylic acids is 1. The van der Waals surface area contributed by atoms with Gasteiger partial charge in [0.1, 0.15) is 0 Å². The van der Waals surface area contributed by atoms with Crippen LogP contribution < -0.4 is 4.72 Å². The smallest absolute Gasteiger partial charge is 0.229 e. The summed E-state index contributed by atoms with van der Waals surface area (Å²) in [6.07, 6.45) is 1.07. The van der Waals surface area contributed by atoms with E-state index >= 15 is 0 Å². The molecule has 2 rings (SSSR count). The highest BCUT2D eigenvalue weighted by molar-refractivity contribution is 7.92. The van der Waals surface area contributed by atoms with Crippen molar-refractivity contribution in [3.05, 3.63) is 64.7 Å². The zero-order valence-electron chi connectivity index (χ0n) is 10.6. The molecule has 6 heteroatoms. The van der Waals surface area contributed by atoms with Gasteiger partial charge in [0.15, 0.2) is 5.78 Å². The molecule has 0 fully saturated rings. The third-order valence-corrected chi connectivity index (χ3v) is 3.42. The number of carbonyl (C=O) groups is 1. The second-order valence-electron chi connectivity index (χ2n) is 4.29. The van der Waals surface area contributed by atoms with Gasteiger partial charge < -0.3 is 0 Å². The molecule has 0 aromatic heterocycles. The molecule has 0 atom stereocenters. The van der Waals surface area contributed by atoms with E-state index in [1.807, 2.05) is 0 Å². The van der Waals surface area contributed by atoms with Crippen LogP contribution >= 0.6 is 11.6 Å². The maximum atomic E-state index is 12.2. The molecule has 0 aliphatic heterocycles. The first-order chi connectivity index (χ1) is 9.35. The van der Waals surface area contributed by atoms with E-state index in [9.17, 15) is 13.2 Å². The molecule has 0 unspecified atom stereocenters. The Morgan fingerprint density at radius 3 is 1.85 bits per heavy atom. The van der Waals surface area contributed by atoms with Crippen molar-refractivity contribution in [3.8, 4) is 0 Å². The summed E-state index contributed by atoms with van der Waals surface area (Å²) in [5.41, 5.74) is 1.42. The van der Waals surface area contributed by atoms with Crippen molar-refractivity contribution >= 4 is 33.1 Å². The normalized spacial score (nSPS) is 11.1. The number of hydrogen-bond acceptors (Lipinski definition) is 3. The van der Waals surface area contributed by atoms with Crippen molar-refractivity contribution in [2.24, 2.45) is 0 Å². The maximum absolute atomic E-state index is 12.2. The first-order valence-corrected chi connectivity index (χ1v) is 8.00. The van der Waals surface area contributed by atoms with Crippen molar-refractivity contribution in [1.82, 2.24) is 0 Å². The molecule has 104 valence electrons. The summed E-state index contributed by atoms with van der Waals surface area (Å²) in [6.45, 7) is 0. The van der Waals surface area contributed by atoms with Gasteiger partial charge in [0.05, 0.1) is 6.26 Å². The fraction of sp³-hybridized carbons (Fsp3) is 0.0714. The van der Waals surface area contributed by atoms with Gasteiger partial charge in [-0.3, -0.25) is 9.52 Å².